The van der Waals surface area contributed by atoms with Crippen LogP contribution in [0.5, 0.6) is 0 Å². The van der Waals surface area contributed by atoms with Crippen molar-refractivity contribution in [3.05, 3.63) is 71.7 Å². The van der Waals surface area contributed by atoms with Gasteiger partial charge in [0.05, 0.1) is 5.56 Å². The van der Waals surface area contributed by atoms with E-state index in [1.165, 1.54) is 12.1 Å². The minimum Gasteiger partial charge on any atom is -0.366 e. The molecule has 8 heteroatoms. The molecule has 0 atom stereocenters. The van der Waals surface area contributed by atoms with E-state index in [0.29, 0.717) is 24.0 Å². The second kappa shape index (κ2) is 7.38. The van der Waals surface area contributed by atoms with E-state index in [0.717, 1.165) is 23.4 Å². The summed E-state index contributed by atoms with van der Waals surface area (Å²) in [6.07, 6.45) is -0.942. The molecule has 0 aliphatic rings. The maximum atomic E-state index is 12.6. The highest BCUT2D eigenvalue weighted by Crippen LogP contribution is 2.30. The Bertz CT molecular complexity index is 864. The molecule has 3 rings (SSSR count). The number of rotatable bonds is 5. The zero-order chi connectivity index (χ0) is 18.6. The molecule has 0 bridgehead atoms. The summed E-state index contributed by atoms with van der Waals surface area (Å²) in [7, 11) is 0. The van der Waals surface area contributed by atoms with Crippen molar-refractivity contribution in [3.63, 3.8) is 0 Å². The van der Waals surface area contributed by atoms with Gasteiger partial charge in [0.25, 0.3) is 0 Å². The fraction of sp³-hybridized carbons (Fsp3) is 0.167. The molecule has 0 spiro atoms. The second-order valence-corrected chi connectivity index (χ2v) is 5.63. The van der Waals surface area contributed by atoms with Crippen molar-refractivity contribution in [2.45, 2.75) is 19.6 Å². The van der Waals surface area contributed by atoms with E-state index in [2.05, 4.69) is 25.6 Å². The van der Waals surface area contributed by atoms with E-state index < -0.39 is 11.7 Å². The van der Waals surface area contributed by atoms with Crippen LogP contribution in [0, 0.1) is 6.92 Å². The number of aryl methyl sites for hydroxylation is 1. The minimum atomic E-state index is -4.36. The predicted molar refractivity (Wildman–Crippen MR) is 93.1 cm³/mol. The molecule has 0 radical (unpaired) electrons. The van der Waals surface area contributed by atoms with E-state index in [4.69, 9.17) is 0 Å². The summed E-state index contributed by atoms with van der Waals surface area (Å²) in [5.41, 5.74) is 1.55. The molecular weight excluding hydrogens is 343 g/mol. The lowest BCUT2D eigenvalue weighted by molar-refractivity contribution is -0.137. The smallest absolute Gasteiger partial charge is 0.366 e. The van der Waals surface area contributed by atoms with Crippen molar-refractivity contribution in [2.24, 2.45) is 0 Å². The summed E-state index contributed by atoms with van der Waals surface area (Å²) in [5, 5.41) is 6.11. The molecule has 0 aliphatic heterocycles. The van der Waals surface area contributed by atoms with Gasteiger partial charge in [0, 0.05) is 36.4 Å². The summed E-state index contributed by atoms with van der Waals surface area (Å²) >= 11 is 0. The van der Waals surface area contributed by atoms with Crippen LogP contribution < -0.4 is 10.6 Å². The molecule has 0 aliphatic carbocycles. The predicted octanol–water partition coefficient (Wildman–Crippen LogP) is 4.55. The fourth-order valence-electron chi connectivity index (χ4n) is 2.28. The number of benzene rings is 1. The van der Waals surface area contributed by atoms with E-state index in [1.807, 2.05) is 19.1 Å². The third kappa shape index (κ3) is 4.69. The van der Waals surface area contributed by atoms with Gasteiger partial charge in [0.2, 0.25) is 5.95 Å². The Labute approximate surface area is 148 Å². The van der Waals surface area contributed by atoms with E-state index >= 15 is 0 Å². The number of nitrogens with zero attached hydrogens (tertiary/aromatic N) is 3. The van der Waals surface area contributed by atoms with Crippen molar-refractivity contribution in [1.29, 1.82) is 0 Å². The molecule has 2 N–H and O–H groups in total. The molecule has 5 nitrogen and oxygen atoms in total. The van der Waals surface area contributed by atoms with E-state index in [9.17, 15) is 13.2 Å². The summed E-state index contributed by atoms with van der Waals surface area (Å²) in [5.74, 6) is 0.922. The van der Waals surface area contributed by atoms with Crippen LogP contribution >= 0.6 is 0 Å². The Morgan fingerprint density at radius 3 is 2.31 bits per heavy atom. The SMILES string of the molecule is Cc1cc(NCc2ccncc2)nc(Nc2ccc(C(F)(F)F)cc2)n1. The van der Waals surface area contributed by atoms with Crippen LogP contribution in [0.25, 0.3) is 0 Å². The number of nitrogens with one attached hydrogen (secondary N) is 2. The molecule has 0 unspecified atom stereocenters. The van der Waals surface area contributed by atoms with Gasteiger partial charge in [-0.2, -0.15) is 18.2 Å². The third-order valence-corrected chi connectivity index (χ3v) is 3.55. The van der Waals surface area contributed by atoms with Crippen molar-refractivity contribution < 1.29 is 13.2 Å². The van der Waals surface area contributed by atoms with Gasteiger partial charge in [-0.05, 0) is 48.9 Å². The first kappa shape index (κ1) is 17.7. The van der Waals surface area contributed by atoms with Gasteiger partial charge in [0.1, 0.15) is 5.82 Å². The van der Waals surface area contributed by atoms with Crippen LogP contribution in [-0.4, -0.2) is 15.0 Å². The molecule has 0 saturated heterocycles. The van der Waals surface area contributed by atoms with Gasteiger partial charge in [-0.1, -0.05) is 0 Å². The van der Waals surface area contributed by atoms with Crippen LogP contribution in [0.3, 0.4) is 0 Å². The number of alkyl halides is 3. The van der Waals surface area contributed by atoms with Gasteiger partial charge in [-0.15, -0.1) is 0 Å². The molecule has 26 heavy (non-hydrogen) atoms. The molecule has 2 heterocycles. The molecule has 134 valence electrons. The quantitative estimate of drug-likeness (QED) is 0.699. The molecule has 2 aromatic heterocycles. The maximum absolute atomic E-state index is 12.6. The van der Waals surface area contributed by atoms with Crippen LogP contribution in [0.4, 0.5) is 30.6 Å². The van der Waals surface area contributed by atoms with Crippen molar-refractivity contribution >= 4 is 17.5 Å². The van der Waals surface area contributed by atoms with Crippen molar-refractivity contribution in [2.75, 3.05) is 10.6 Å². The number of halogens is 3. The fourth-order valence-corrected chi connectivity index (χ4v) is 2.28. The third-order valence-electron chi connectivity index (χ3n) is 3.55. The number of aromatic nitrogens is 3. The number of hydrogen-bond acceptors (Lipinski definition) is 5. The largest absolute Gasteiger partial charge is 0.416 e. The van der Waals surface area contributed by atoms with Gasteiger partial charge >= 0.3 is 6.18 Å². The standard InChI is InChI=1S/C18H16F3N5/c1-12-10-16(23-11-13-6-8-22-9-7-13)26-17(24-12)25-15-4-2-14(3-5-15)18(19,20)21/h2-10H,11H2,1H3,(H2,23,24,25,26). The summed E-state index contributed by atoms with van der Waals surface area (Å²) in [6, 6.07) is 10.3. The Hall–Kier alpha value is -3.16. The summed E-state index contributed by atoms with van der Waals surface area (Å²) < 4.78 is 37.9. The topological polar surface area (TPSA) is 62.7 Å². The van der Waals surface area contributed by atoms with Gasteiger partial charge < -0.3 is 10.6 Å². The van der Waals surface area contributed by atoms with Gasteiger partial charge in [0.15, 0.2) is 0 Å². The summed E-state index contributed by atoms with van der Waals surface area (Å²) in [4.78, 5) is 12.6. The highest BCUT2D eigenvalue weighted by atomic mass is 19.4. The molecule has 0 saturated carbocycles. The normalized spacial score (nSPS) is 11.2. The first-order chi connectivity index (χ1) is 12.4. The molecule has 3 aromatic rings. The Kier molecular flexibility index (Phi) is 5.01. The van der Waals surface area contributed by atoms with Gasteiger partial charge in [-0.3, -0.25) is 4.98 Å². The minimum absolute atomic E-state index is 0.307. The average Bonchev–Trinajstić information content (AvgIpc) is 2.60. The van der Waals surface area contributed by atoms with E-state index in [1.54, 1.807) is 18.5 Å². The number of pyridine rings is 1. The molecular formula is C18H16F3N5. The molecule has 0 fully saturated rings. The van der Waals surface area contributed by atoms with Crippen molar-refractivity contribution in [3.8, 4) is 0 Å². The Balaban J connectivity index is 1.71. The van der Waals surface area contributed by atoms with E-state index in [-0.39, 0.29) is 0 Å². The highest BCUT2D eigenvalue weighted by Gasteiger charge is 2.29. The first-order valence-corrected chi connectivity index (χ1v) is 7.83. The number of hydrogen-bond donors (Lipinski definition) is 2. The lowest BCUT2D eigenvalue weighted by Crippen LogP contribution is -2.06. The Morgan fingerprint density at radius 2 is 1.65 bits per heavy atom. The second-order valence-electron chi connectivity index (χ2n) is 5.63. The Morgan fingerprint density at radius 1 is 0.962 bits per heavy atom. The van der Waals surface area contributed by atoms with Crippen LogP contribution in [0.2, 0.25) is 0 Å². The van der Waals surface area contributed by atoms with Crippen molar-refractivity contribution in [1.82, 2.24) is 15.0 Å². The van der Waals surface area contributed by atoms with Crippen LogP contribution in [0.15, 0.2) is 54.9 Å². The first-order valence-electron chi connectivity index (χ1n) is 7.83. The molecule has 1 aromatic carbocycles. The highest BCUT2D eigenvalue weighted by molar-refractivity contribution is 5.56. The monoisotopic (exact) mass is 359 g/mol. The zero-order valence-electron chi connectivity index (χ0n) is 13.9. The van der Waals surface area contributed by atoms with Crippen LogP contribution in [-0.2, 0) is 12.7 Å². The lowest BCUT2D eigenvalue weighted by atomic mass is 10.2. The van der Waals surface area contributed by atoms with Crippen LogP contribution in [0.1, 0.15) is 16.8 Å². The maximum Gasteiger partial charge on any atom is 0.416 e. The lowest BCUT2D eigenvalue weighted by Gasteiger charge is -2.11. The number of anilines is 3. The zero-order valence-corrected chi connectivity index (χ0v) is 13.9. The van der Waals surface area contributed by atoms with Gasteiger partial charge in [-0.25, -0.2) is 4.98 Å². The average molecular weight is 359 g/mol. The molecule has 0 amide bonds. The summed E-state index contributed by atoms with van der Waals surface area (Å²) in [6.45, 7) is 2.38.